The van der Waals surface area contributed by atoms with Crippen LogP contribution < -0.4 is 10.1 Å². The second kappa shape index (κ2) is 9.33. The van der Waals surface area contributed by atoms with Crippen LogP contribution in [0.4, 0.5) is 0 Å². The van der Waals surface area contributed by atoms with Gasteiger partial charge in [0.2, 0.25) is 5.91 Å². The normalized spacial score (nSPS) is 16.8. The zero-order valence-corrected chi connectivity index (χ0v) is 17.7. The molecule has 2 aromatic rings. The minimum absolute atomic E-state index is 0.129. The lowest BCUT2D eigenvalue weighted by Crippen LogP contribution is -2.36. The number of carbonyl (C=O) groups is 2. The van der Waals surface area contributed by atoms with Crippen molar-refractivity contribution in [1.29, 1.82) is 0 Å². The van der Waals surface area contributed by atoms with E-state index in [0.717, 1.165) is 42.7 Å². The van der Waals surface area contributed by atoms with Crippen molar-refractivity contribution >= 4 is 11.8 Å². The summed E-state index contributed by atoms with van der Waals surface area (Å²) < 4.78 is 6.05. The average Bonchev–Trinajstić information content (AvgIpc) is 3.17. The van der Waals surface area contributed by atoms with Crippen molar-refractivity contribution in [3.63, 3.8) is 0 Å². The number of hydrogen-bond acceptors (Lipinski definition) is 3. The molecule has 30 heavy (non-hydrogen) atoms. The number of carbonyl (C=O) groups excluding carboxylic acids is 2. The summed E-state index contributed by atoms with van der Waals surface area (Å²) in [7, 11) is 0. The standard InChI is InChI=1S/C25H30N2O3/c1-18(30-23-13-6-11-19-8-4-5-12-22(19)23)25(29)26-16-20-9-2-3-10-21(20)17-27-15-7-14-24(27)28/h2-3,6,9-11,13,18H,4-5,7-8,12,14-17H2,1H3,(H,26,29)/t18-/m1/s1. The van der Waals surface area contributed by atoms with Gasteiger partial charge in [-0.1, -0.05) is 36.4 Å². The lowest BCUT2D eigenvalue weighted by molar-refractivity contribution is -0.128. The van der Waals surface area contributed by atoms with E-state index in [9.17, 15) is 9.59 Å². The first-order valence-electron chi connectivity index (χ1n) is 11.0. The van der Waals surface area contributed by atoms with Gasteiger partial charge in [-0.3, -0.25) is 9.59 Å². The van der Waals surface area contributed by atoms with Crippen LogP contribution in [0, 0.1) is 0 Å². The van der Waals surface area contributed by atoms with E-state index in [0.29, 0.717) is 19.5 Å². The molecule has 5 nitrogen and oxygen atoms in total. The summed E-state index contributed by atoms with van der Waals surface area (Å²) in [6.07, 6.45) is 5.49. The van der Waals surface area contributed by atoms with Gasteiger partial charge in [-0.2, -0.15) is 0 Å². The molecule has 2 amide bonds. The molecule has 158 valence electrons. The van der Waals surface area contributed by atoms with Gasteiger partial charge in [0.05, 0.1) is 0 Å². The number of nitrogens with one attached hydrogen (secondary N) is 1. The quantitative estimate of drug-likeness (QED) is 0.761. The molecule has 0 radical (unpaired) electrons. The highest BCUT2D eigenvalue weighted by Gasteiger charge is 2.22. The van der Waals surface area contributed by atoms with Gasteiger partial charge in [0.15, 0.2) is 6.10 Å². The number of ether oxygens (including phenoxy) is 1. The molecule has 1 saturated heterocycles. The molecule has 1 aliphatic carbocycles. The van der Waals surface area contributed by atoms with E-state index >= 15 is 0 Å². The number of benzene rings is 2. The lowest BCUT2D eigenvalue weighted by atomic mass is 9.91. The maximum atomic E-state index is 12.7. The summed E-state index contributed by atoms with van der Waals surface area (Å²) in [4.78, 5) is 26.6. The van der Waals surface area contributed by atoms with Crippen LogP contribution in [-0.4, -0.2) is 29.4 Å². The van der Waals surface area contributed by atoms with E-state index in [1.165, 1.54) is 24.0 Å². The Labute approximate surface area is 178 Å². The number of likely N-dealkylation sites (tertiary alicyclic amines) is 1. The fraction of sp³-hybridized carbons (Fsp3) is 0.440. The van der Waals surface area contributed by atoms with Gasteiger partial charge in [-0.05, 0) is 67.3 Å². The fourth-order valence-electron chi connectivity index (χ4n) is 4.39. The highest BCUT2D eigenvalue weighted by Crippen LogP contribution is 2.30. The number of hydrogen-bond donors (Lipinski definition) is 1. The van der Waals surface area contributed by atoms with Gasteiger partial charge in [0.25, 0.3) is 5.91 Å². The summed E-state index contributed by atoms with van der Waals surface area (Å²) in [6.45, 7) is 3.64. The van der Waals surface area contributed by atoms with Gasteiger partial charge in [-0.15, -0.1) is 0 Å². The Morgan fingerprint density at radius 1 is 1.03 bits per heavy atom. The Kier molecular flexibility index (Phi) is 6.36. The summed E-state index contributed by atoms with van der Waals surface area (Å²) in [5, 5.41) is 3.01. The van der Waals surface area contributed by atoms with Crippen LogP contribution >= 0.6 is 0 Å². The second-order valence-corrected chi connectivity index (χ2v) is 8.27. The van der Waals surface area contributed by atoms with Crippen molar-refractivity contribution in [3.8, 4) is 5.75 Å². The van der Waals surface area contributed by atoms with Crippen molar-refractivity contribution in [2.24, 2.45) is 0 Å². The number of nitrogens with zero attached hydrogens (tertiary/aromatic N) is 1. The topological polar surface area (TPSA) is 58.6 Å². The van der Waals surface area contributed by atoms with Gasteiger partial charge < -0.3 is 15.0 Å². The average molecular weight is 407 g/mol. The van der Waals surface area contributed by atoms with E-state index in [4.69, 9.17) is 4.74 Å². The van der Waals surface area contributed by atoms with Crippen LogP contribution in [0.2, 0.25) is 0 Å². The molecule has 0 aromatic heterocycles. The molecule has 2 aromatic carbocycles. The number of aryl methyl sites for hydroxylation is 1. The molecular formula is C25H30N2O3. The number of fused-ring (bicyclic) bond motifs is 1. The Morgan fingerprint density at radius 2 is 1.83 bits per heavy atom. The van der Waals surface area contributed by atoms with Crippen molar-refractivity contribution < 1.29 is 14.3 Å². The largest absolute Gasteiger partial charge is 0.481 e. The van der Waals surface area contributed by atoms with Crippen molar-refractivity contribution in [2.75, 3.05) is 6.54 Å². The molecule has 0 bridgehead atoms. The Balaban J connectivity index is 1.36. The molecule has 1 heterocycles. The monoisotopic (exact) mass is 406 g/mol. The van der Waals surface area contributed by atoms with Gasteiger partial charge >= 0.3 is 0 Å². The maximum absolute atomic E-state index is 12.7. The highest BCUT2D eigenvalue weighted by molar-refractivity contribution is 5.81. The van der Waals surface area contributed by atoms with Crippen molar-refractivity contribution in [3.05, 3.63) is 64.7 Å². The van der Waals surface area contributed by atoms with Crippen LogP contribution in [0.25, 0.3) is 0 Å². The van der Waals surface area contributed by atoms with E-state index in [1.807, 2.05) is 41.3 Å². The fourth-order valence-corrected chi connectivity index (χ4v) is 4.39. The van der Waals surface area contributed by atoms with Crippen molar-refractivity contribution in [1.82, 2.24) is 10.2 Å². The summed E-state index contributed by atoms with van der Waals surface area (Å²) in [5.74, 6) is 0.917. The zero-order valence-electron chi connectivity index (χ0n) is 17.7. The highest BCUT2D eigenvalue weighted by atomic mass is 16.5. The minimum atomic E-state index is -0.564. The van der Waals surface area contributed by atoms with Gasteiger partial charge in [0.1, 0.15) is 5.75 Å². The second-order valence-electron chi connectivity index (χ2n) is 8.27. The van der Waals surface area contributed by atoms with Crippen LogP contribution in [0.15, 0.2) is 42.5 Å². The summed E-state index contributed by atoms with van der Waals surface area (Å²) in [6, 6.07) is 14.1. The molecular weight excluding hydrogens is 376 g/mol. The SMILES string of the molecule is C[C@@H](Oc1cccc2c1CCCC2)C(=O)NCc1ccccc1CN1CCCC1=O. The first kappa shape index (κ1) is 20.5. The van der Waals surface area contributed by atoms with Crippen LogP contribution in [0.1, 0.15) is 54.9 Å². The predicted molar refractivity (Wildman–Crippen MR) is 116 cm³/mol. The first-order chi connectivity index (χ1) is 14.6. The third-order valence-corrected chi connectivity index (χ3v) is 6.13. The van der Waals surface area contributed by atoms with Gasteiger partial charge in [-0.25, -0.2) is 0 Å². The Hall–Kier alpha value is -2.82. The molecule has 0 saturated carbocycles. The molecule has 4 rings (SSSR count). The first-order valence-corrected chi connectivity index (χ1v) is 11.0. The number of rotatable bonds is 7. The maximum Gasteiger partial charge on any atom is 0.261 e. The van der Waals surface area contributed by atoms with E-state index < -0.39 is 6.10 Å². The molecule has 5 heteroatoms. The molecule has 1 fully saturated rings. The Morgan fingerprint density at radius 3 is 2.63 bits per heavy atom. The minimum Gasteiger partial charge on any atom is -0.481 e. The Bertz CT molecular complexity index is 924. The van der Waals surface area contributed by atoms with Crippen LogP contribution in [0.5, 0.6) is 5.75 Å². The summed E-state index contributed by atoms with van der Waals surface area (Å²) >= 11 is 0. The van der Waals surface area contributed by atoms with Gasteiger partial charge in [0, 0.05) is 26.1 Å². The third-order valence-electron chi connectivity index (χ3n) is 6.13. The molecule has 0 unspecified atom stereocenters. The van der Waals surface area contributed by atoms with E-state index in [-0.39, 0.29) is 11.8 Å². The smallest absolute Gasteiger partial charge is 0.261 e. The molecule has 0 spiro atoms. The van der Waals surface area contributed by atoms with Crippen LogP contribution in [-0.2, 0) is 35.5 Å². The molecule has 1 aliphatic heterocycles. The van der Waals surface area contributed by atoms with Crippen LogP contribution in [0.3, 0.4) is 0 Å². The summed E-state index contributed by atoms with van der Waals surface area (Å²) in [5.41, 5.74) is 4.72. The van der Waals surface area contributed by atoms with E-state index in [1.54, 1.807) is 6.92 Å². The molecule has 1 atom stereocenters. The van der Waals surface area contributed by atoms with Crippen molar-refractivity contribution in [2.45, 2.75) is 64.6 Å². The van der Waals surface area contributed by atoms with E-state index in [2.05, 4.69) is 11.4 Å². The predicted octanol–water partition coefficient (Wildman–Crippen LogP) is 3.77. The molecule has 1 N–H and O–H groups in total. The molecule has 2 aliphatic rings. The number of amides is 2. The third kappa shape index (κ3) is 4.66. The lowest BCUT2D eigenvalue weighted by Gasteiger charge is -2.22. The zero-order chi connectivity index (χ0) is 20.9.